The first-order chi connectivity index (χ1) is 11.6. The van der Waals surface area contributed by atoms with E-state index >= 15 is 0 Å². The van der Waals surface area contributed by atoms with E-state index in [1.165, 1.54) is 6.42 Å². The van der Waals surface area contributed by atoms with E-state index in [1.54, 1.807) is 0 Å². The molecule has 0 bridgehead atoms. The molecule has 0 aliphatic heterocycles. The molecule has 0 saturated heterocycles. The summed E-state index contributed by atoms with van der Waals surface area (Å²) in [4.78, 5) is 3.05. The third-order valence-corrected chi connectivity index (χ3v) is 4.73. The van der Waals surface area contributed by atoms with Gasteiger partial charge in [0.05, 0.1) is 6.10 Å². The van der Waals surface area contributed by atoms with Crippen LogP contribution in [-0.4, -0.2) is 20.8 Å². The monoisotopic (exact) mass is 323 g/mol. The Morgan fingerprint density at radius 2 is 1.96 bits per heavy atom. The van der Waals surface area contributed by atoms with Crippen LogP contribution >= 0.6 is 0 Å². The van der Waals surface area contributed by atoms with Crippen LogP contribution < -0.4 is 0 Å². The molecule has 1 aliphatic rings. The van der Waals surface area contributed by atoms with Crippen molar-refractivity contribution in [1.29, 1.82) is 0 Å². The van der Waals surface area contributed by atoms with E-state index in [0.717, 1.165) is 48.9 Å². The van der Waals surface area contributed by atoms with Crippen molar-refractivity contribution >= 4 is 0 Å². The number of rotatable bonds is 4. The van der Waals surface area contributed by atoms with Crippen LogP contribution in [0, 0.1) is 11.8 Å². The standard InChI is InChI=1S/C21H25NO2/c23-20(19-8-5-15-22-19)10-9-17-6-4-7-18(16-17)11-14-21(24)12-2-1-3-13-21/h4-8,15-16,20,22-24H,1-3,9-10,12-13H2. The molecule has 1 saturated carbocycles. The maximum Gasteiger partial charge on any atom is 0.125 e. The van der Waals surface area contributed by atoms with Crippen molar-refractivity contribution in [3.63, 3.8) is 0 Å². The molecule has 1 aromatic heterocycles. The molecule has 3 nitrogen and oxygen atoms in total. The van der Waals surface area contributed by atoms with E-state index in [0.29, 0.717) is 6.42 Å². The summed E-state index contributed by atoms with van der Waals surface area (Å²) in [6.45, 7) is 0. The molecule has 1 unspecified atom stereocenters. The molecule has 1 fully saturated rings. The highest BCUT2D eigenvalue weighted by Crippen LogP contribution is 2.27. The lowest BCUT2D eigenvalue weighted by molar-refractivity contribution is 0.0610. The number of aromatic nitrogens is 1. The molecule has 3 heteroatoms. The Bertz CT molecular complexity index is 703. The minimum atomic E-state index is -0.807. The maximum absolute atomic E-state index is 10.5. The summed E-state index contributed by atoms with van der Waals surface area (Å²) in [5.41, 5.74) is 2.13. The highest BCUT2D eigenvalue weighted by molar-refractivity contribution is 5.39. The zero-order valence-corrected chi connectivity index (χ0v) is 14.0. The van der Waals surface area contributed by atoms with Crippen molar-refractivity contribution in [2.24, 2.45) is 0 Å². The summed E-state index contributed by atoms with van der Waals surface area (Å²) in [5, 5.41) is 20.6. The van der Waals surface area contributed by atoms with Gasteiger partial charge in [-0.3, -0.25) is 0 Å². The summed E-state index contributed by atoms with van der Waals surface area (Å²) < 4.78 is 0. The summed E-state index contributed by atoms with van der Waals surface area (Å²) in [6.07, 6.45) is 7.68. The van der Waals surface area contributed by atoms with Crippen molar-refractivity contribution in [2.75, 3.05) is 0 Å². The van der Waals surface area contributed by atoms with Crippen LogP contribution in [0.3, 0.4) is 0 Å². The van der Waals surface area contributed by atoms with Crippen molar-refractivity contribution in [3.8, 4) is 11.8 Å². The van der Waals surface area contributed by atoms with Crippen molar-refractivity contribution in [2.45, 2.75) is 56.7 Å². The van der Waals surface area contributed by atoms with Gasteiger partial charge in [0.15, 0.2) is 0 Å². The maximum atomic E-state index is 10.5. The number of aliphatic hydroxyl groups is 2. The van der Waals surface area contributed by atoms with Crippen molar-refractivity contribution in [3.05, 3.63) is 59.4 Å². The third kappa shape index (κ3) is 4.50. The molecule has 1 aromatic carbocycles. The minimum Gasteiger partial charge on any atom is -0.387 e. The Balaban J connectivity index is 1.62. The summed E-state index contributed by atoms with van der Waals surface area (Å²) >= 11 is 0. The third-order valence-electron chi connectivity index (χ3n) is 4.73. The van der Waals surface area contributed by atoms with Crippen molar-refractivity contribution in [1.82, 2.24) is 4.98 Å². The molecule has 126 valence electrons. The van der Waals surface area contributed by atoms with E-state index in [1.807, 2.05) is 30.5 Å². The Morgan fingerprint density at radius 1 is 1.12 bits per heavy atom. The highest BCUT2D eigenvalue weighted by Gasteiger charge is 2.26. The molecular formula is C21H25NO2. The van der Waals surface area contributed by atoms with E-state index in [2.05, 4.69) is 29.0 Å². The normalized spacial score (nSPS) is 17.8. The fraction of sp³-hybridized carbons (Fsp3) is 0.429. The molecule has 0 radical (unpaired) electrons. The van der Waals surface area contributed by atoms with Crippen LogP contribution in [0.2, 0.25) is 0 Å². The number of benzene rings is 1. The predicted molar refractivity (Wildman–Crippen MR) is 95.4 cm³/mol. The zero-order chi connectivity index (χ0) is 16.8. The van der Waals surface area contributed by atoms with Crippen LogP contribution in [0.4, 0.5) is 0 Å². The van der Waals surface area contributed by atoms with Gasteiger partial charge in [0, 0.05) is 17.5 Å². The quantitative estimate of drug-likeness (QED) is 0.751. The van der Waals surface area contributed by atoms with E-state index in [-0.39, 0.29) is 0 Å². The number of hydrogen-bond donors (Lipinski definition) is 3. The first kappa shape index (κ1) is 16.8. The second-order valence-corrected chi connectivity index (χ2v) is 6.72. The molecule has 3 N–H and O–H groups in total. The van der Waals surface area contributed by atoms with Crippen LogP contribution in [0.25, 0.3) is 0 Å². The van der Waals surface area contributed by atoms with Crippen LogP contribution in [-0.2, 0) is 6.42 Å². The molecule has 24 heavy (non-hydrogen) atoms. The van der Waals surface area contributed by atoms with Gasteiger partial charge in [-0.1, -0.05) is 30.4 Å². The fourth-order valence-corrected chi connectivity index (χ4v) is 3.27. The van der Waals surface area contributed by atoms with Gasteiger partial charge in [-0.15, -0.1) is 0 Å². The highest BCUT2D eigenvalue weighted by atomic mass is 16.3. The molecule has 1 aliphatic carbocycles. The Morgan fingerprint density at radius 3 is 2.71 bits per heavy atom. The topological polar surface area (TPSA) is 56.2 Å². The van der Waals surface area contributed by atoms with Crippen LogP contribution in [0.1, 0.15) is 61.4 Å². The lowest BCUT2D eigenvalue weighted by Crippen LogP contribution is -2.29. The van der Waals surface area contributed by atoms with Crippen molar-refractivity contribution < 1.29 is 10.2 Å². The smallest absolute Gasteiger partial charge is 0.125 e. The molecular weight excluding hydrogens is 298 g/mol. The number of aryl methyl sites for hydroxylation is 1. The summed E-state index contributed by atoms with van der Waals surface area (Å²) in [7, 11) is 0. The predicted octanol–water partition coefficient (Wildman–Crippen LogP) is 3.73. The summed E-state index contributed by atoms with van der Waals surface area (Å²) in [6, 6.07) is 11.9. The number of aromatic amines is 1. The molecule has 1 atom stereocenters. The Kier molecular flexibility index (Phi) is 5.40. The SMILES string of the molecule is OC(CCc1cccc(C#CC2(O)CCCCC2)c1)c1ccc[nH]1. The fourth-order valence-electron chi connectivity index (χ4n) is 3.27. The van der Waals surface area contributed by atoms with E-state index < -0.39 is 11.7 Å². The second-order valence-electron chi connectivity index (χ2n) is 6.72. The van der Waals surface area contributed by atoms with Gasteiger partial charge in [-0.25, -0.2) is 0 Å². The van der Waals surface area contributed by atoms with Gasteiger partial charge in [-0.05, 0) is 68.4 Å². The largest absolute Gasteiger partial charge is 0.387 e. The minimum absolute atomic E-state index is 0.474. The average molecular weight is 323 g/mol. The van der Waals surface area contributed by atoms with Crippen LogP contribution in [0.5, 0.6) is 0 Å². The Hall–Kier alpha value is -2.02. The number of hydrogen-bond acceptors (Lipinski definition) is 2. The zero-order valence-electron chi connectivity index (χ0n) is 14.0. The first-order valence-corrected chi connectivity index (χ1v) is 8.80. The molecule has 1 heterocycles. The molecule has 2 aromatic rings. The second kappa shape index (κ2) is 7.70. The molecule has 0 amide bonds. The van der Waals surface area contributed by atoms with E-state index in [9.17, 15) is 10.2 Å². The van der Waals surface area contributed by atoms with Crippen LogP contribution in [0.15, 0.2) is 42.6 Å². The Labute approximate surface area is 143 Å². The van der Waals surface area contributed by atoms with Gasteiger partial charge < -0.3 is 15.2 Å². The number of nitrogens with one attached hydrogen (secondary N) is 1. The lowest BCUT2D eigenvalue weighted by Gasteiger charge is -2.26. The van der Waals surface area contributed by atoms with E-state index in [4.69, 9.17) is 0 Å². The van der Waals surface area contributed by atoms with Gasteiger partial charge in [-0.2, -0.15) is 0 Å². The number of aliphatic hydroxyl groups excluding tert-OH is 1. The molecule has 0 spiro atoms. The summed E-state index contributed by atoms with van der Waals surface area (Å²) in [5.74, 6) is 6.22. The average Bonchev–Trinajstić information content (AvgIpc) is 3.14. The van der Waals surface area contributed by atoms with Gasteiger partial charge in [0.25, 0.3) is 0 Å². The van der Waals surface area contributed by atoms with Gasteiger partial charge in [0.2, 0.25) is 0 Å². The first-order valence-electron chi connectivity index (χ1n) is 8.80. The lowest BCUT2D eigenvalue weighted by atomic mass is 9.85. The number of H-pyrrole nitrogens is 1. The van der Waals surface area contributed by atoms with Gasteiger partial charge >= 0.3 is 0 Å². The van der Waals surface area contributed by atoms with Gasteiger partial charge in [0.1, 0.15) is 5.60 Å². The molecule has 3 rings (SSSR count).